The van der Waals surface area contributed by atoms with Crippen molar-refractivity contribution in [3.8, 4) is 5.75 Å². The third-order valence-electron chi connectivity index (χ3n) is 3.46. The lowest BCUT2D eigenvalue weighted by Gasteiger charge is -2.30. The van der Waals surface area contributed by atoms with Gasteiger partial charge in [0.1, 0.15) is 11.6 Å². The summed E-state index contributed by atoms with van der Waals surface area (Å²) in [6.45, 7) is 3.14. The molecule has 0 aliphatic carbocycles. The van der Waals surface area contributed by atoms with Gasteiger partial charge in [-0.3, -0.25) is 4.79 Å². The van der Waals surface area contributed by atoms with Gasteiger partial charge in [-0.05, 0) is 24.6 Å². The van der Waals surface area contributed by atoms with Gasteiger partial charge in [0.2, 0.25) is 5.78 Å². The molecule has 1 atom stereocenters. The van der Waals surface area contributed by atoms with Crippen molar-refractivity contribution in [2.45, 2.75) is 38.3 Å². The molecule has 0 aliphatic rings. The van der Waals surface area contributed by atoms with Crippen LogP contribution in [-0.2, 0) is 10.2 Å². The molecule has 0 radical (unpaired) electrons. The average molecular weight is 292 g/mol. The van der Waals surface area contributed by atoms with E-state index >= 15 is 0 Å². The number of carbonyl (C=O) groups excluding carboxylic acids is 1. The molecule has 6 heteroatoms. The first-order valence-electron chi connectivity index (χ1n) is 6.08. The Morgan fingerprint density at radius 1 is 1.30 bits per heavy atom. The van der Waals surface area contributed by atoms with E-state index in [1.165, 1.54) is 20.1 Å². The minimum atomic E-state index is -4.89. The zero-order valence-corrected chi connectivity index (χ0v) is 11.5. The molecule has 0 aliphatic heterocycles. The summed E-state index contributed by atoms with van der Waals surface area (Å²) in [5.74, 6) is -2.14. The maximum absolute atomic E-state index is 13.4. The SMILES string of the molecule is CCC(C)(CC(=O)C(F)(F)F)c1cc(F)ccc1OC. The van der Waals surface area contributed by atoms with E-state index in [1.807, 2.05) is 0 Å². The summed E-state index contributed by atoms with van der Waals surface area (Å²) in [5.41, 5.74) is -0.875. The van der Waals surface area contributed by atoms with Gasteiger partial charge in [0, 0.05) is 17.4 Å². The smallest absolute Gasteiger partial charge is 0.450 e. The molecule has 0 heterocycles. The fourth-order valence-electron chi connectivity index (χ4n) is 2.02. The van der Waals surface area contributed by atoms with Gasteiger partial charge >= 0.3 is 6.18 Å². The number of ether oxygens (including phenoxy) is 1. The summed E-state index contributed by atoms with van der Waals surface area (Å²) in [6.07, 6.45) is -5.39. The quantitative estimate of drug-likeness (QED) is 0.766. The summed E-state index contributed by atoms with van der Waals surface area (Å²) in [6, 6.07) is 3.62. The molecule has 0 N–H and O–H groups in total. The lowest BCUT2D eigenvalue weighted by atomic mass is 9.75. The molecule has 0 fully saturated rings. The number of benzene rings is 1. The Kier molecular flexibility index (Phi) is 4.78. The van der Waals surface area contributed by atoms with E-state index in [9.17, 15) is 22.4 Å². The highest BCUT2D eigenvalue weighted by atomic mass is 19.4. The van der Waals surface area contributed by atoms with E-state index in [-0.39, 0.29) is 17.7 Å². The Hall–Kier alpha value is -1.59. The second-order valence-electron chi connectivity index (χ2n) is 4.86. The Balaban J connectivity index is 3.23. The first-order valence-corrected chi connectivity index (χ1v) is 6.08. The van der Waals surface area contributed by atoms with Crippen molar-refractivity contribution < 1.29 is 27.1 Å². The third kappa shape index (κ3) is 3.49. The van der Waals surface area contributed by atoms with Crippen molar-refractivity contribution >= 4 is 5.78 Å². The van der Waals surface area contributed by atoms with Crippen LogP contribution >= 0.6 is 0 Å². The molecular formula is C14H16F4O2. The van der Waals surface area contributed by atoms with E-state index in [1.54, 1.807) is 6.92 Å². The van der Waals surface area contributed by atoms with Crippen LogP contribution in [0.15, 0.2) is 18.2 Å². The third-order valence-corrected chi connectivity index (χ3v) is 3.46. The van der Waals surface area contributed by atoms with E-state index in [4.69, 9.17) is 4.74 Å². The fraction of sp³-hybridized carbons (Fsp3) is 0.500. The van der Waals surface area contributed by atoms with Crippen molar-refractivity contribution in [2.24, 2.45) is 0 Å². The van der Waals surface area contributed by atoms with Gasteiger partial charge in [0.25, 0.3) is 0 Å². The van der Waals surface area contributed by atoms with Crippen molar-refractivity contribution in [3.05, 3.63) is 29.6 Å². The minimum Gasteiger partial charge on any atom is -0.496 e. The molecule has 1 unspecified atom stereocenters. The molecule has 2 nitrogen and oxygen atoms in total. The molecule has 0 aromatic heterocycles. The van der Waals surface area contributed by atoms with Gasteiger partial charge in [0.05, 0.1) is 7.11 Å². The highest BCUT2D eigenvalue weighted by Crippen LogP contribution is 2.39. The number of ketones is 1. The van der Waals surface area contributed by atoms with Crippen LogP contribution in [-0.4, -0.2) is 19.1 Å². The average Bonchev–Trinajstić information content (AvgIpc) is 2.37. The van der Waals surface area contributed by atoms with Crippen LogP contribution in [0.3, 0.4) is 0 Å². The number of rotatable bonds is 5. The number of hydrogen-bond donors (Lipinski definition) is 0. The van der Waals surface area contributed by atoms with E-state index in [0.29, 0.717) is 0 Å². The number of hydrogen-bond acceptors (Lipinski definition) is 2. The molecule has 0 saturated heterocycles. The molecule has 1 aromatic carbocycles. The van der Waals surface area contributed by atoms with Crippen molar-refractivity contribution in [1.29, 1.82) is 0 Å². The van der Waals surface area contributed by atoms with Crippen LogP contribution in [0.25, 0.3) is 0 Å². The lowest BCUT2D eigenvalue weighted by molar-refractivity contribution is -0.172. The monoisotopic (exact) mass is 292 g/mol. The number of halogens is 4. The molecular weight excluding hydrogens is 276 g/mol. The molecule has 1 rings (SSSR count). The highest BCUT2D eigenvalue weighted by molar-refractivity contribution is 5.85. The van der Waals surface area contributed by atoms with Crippen molar-refractivity contribution in [3.63, 3.8) is 0 Å². The first kappa shape index (κ1) is 16.5. The molecule has 0 spiro atoms. The van der Waals surface area contributed by atoms with Crippen LogP contribution in [0.1, 0.15) is 32.3 Å². The van der Waals surface area contributed by atoms with Crippen LogP contribution < -0.4 is 4.74 Å². The summed E-state index contributed by atoms with van der Waals surface area (Å²) < 4.78 is 55.7. The number of Topliss-reactive ketones (excluding diaryl/α,β-unsaturated/α-hetero) is 1. The maximum Gasteiger partial charge on any atom is 0.450 e. The Morgan fingerprint density at radius 3 is 2.35 bits per heavy atom. The standard InChI is InChI=1S/C14H16F4O2/c1-4-13(2,8-12(19)14(16,17)18)10-7-9(15)5-6-11(10)20-3/h5-7H,4,8H2,1-3H3. The van der Waals surface area contributed by atoms with Crippen molar-refractivity contribution in [1.82, 2.24) is 0 Å². The van der Waals surface area contributed by atoms with E-state index < -0.39 is 29.6 Å². The van der Waals surface area contributed by atoms with Gasteiger partial charge in [-0.25, -0.2) is 4.39 Å². The van der Waals surface area contributed by atoms with E-state index in [0.717, 1.165) is 12.1 Å². The number of carbonyl (C=O) groups is 1. The van der Waals surface area contributed by atoms with Crippen LogP contribution in [0, 0.1) is 5.82 Å². The molecule has 0 saturated carbocycles. The fourth-order valence-corrected chi connectivity index (χ4v) is 2.02. The molecule has 0 bridgehead atoms. The number of alkyl halides is 3. The van der Waals surface area contributed by atoms with Gasteiger partial charge in [-0.2, -0.15) is 13.2 Å². The van der Waals surface area contributed by atoms with Crippen LogP contribution in [0.2, 0.25) is 0 Å². The van der Waals surface area contributed by atoms with Crippen LogP contribution in [0.4, 0.5) is 17.6 Å². The zero-order valence-electron chi connectivity index (χ0n) is 11.5. The summed E-state index contributed by atoms with van der Waals surface area (Å²) in [5, 5.41) is 0. The predicted molar refractivity (Wildman–Crippen MR) is 66.3 cm³/mol. The zero-order chi connectivity index (χ0) is 15.6. The molecule has 0 amide bonds. The van der Waals surface area contributed by atoms with Gasteiger partial charge < -0.3 is 4.74 Å². The summed E-state index contributed by atoms with van der Waals surface area (Å²) in [7, 11) is 1.35. The van der Waals surface area contributed by atoms with Gasteiger partial charge in [-0.1, -0.05) is 13.8 Å². The Bertz CT molecular complexity index is 496. The van der Waals surface area contributed by atoms with Gasteiger partial charge in [0.15, 0.2) is 0 Å². The molecule has 20 heavy (non-hydrogen) atoms. The van der Waals surface area contributed by atoms with Gasteiger partial charge in [-0.15, -0.1) is 0 Å². The van der Waals surface area contributed by atoms with Crippen LogP contribution in [0.5, 0.6) is 5.75 Å². The Morgan fingerprint density at radius 2 is 1.90 bits per heavy atom. The van der Waals surface area contributed by atoms with Crippen molar-refractivity contribution in [2.75, 3.05) is 7.11 Å². The maximum atomic E-state index is 13.4. The minimum absolute atomic E-state index is 0.245. The topological polar surface area (TPSA) is 26.3 Å². The number of methoxy groups -OCH3 is 1. The molecule has 112 valence electrons. The summed E-state index contributed by atoms with van der Waals surface area (Å²) >= 11 is 0. The first-order chi connectivity index (χ1) is 9.14. The highest BCUT2D eigenvalue weighted by Gasteiger charge is 2.43. The predicted octanol–water partition coefficient (Wildman–Crippen LogP) is 4.02. The lowest BCUT2D eigenvalue weighted by Crippen LogP contribution is -2.33. The molecule has 1 aromatic rings. The summed E-state index contributed by atoms with van der Waals surface area (Å²) in [4.78, 5) is 11.2. The Labute approximate surface area is 114 Å². The normalized spacial score (nSPS) is 14.8. The largest absolute Gasteiger partial charge is 0.496 e. The van der Waals surface area contributed by atoms with E-state index in [2.05, 4.69) is 0 Å². The second-order valence-corrected chi connectivity index (χ2v) is 4.86. The second kappa shape index (κ2) is 5.81.